The Morgan fingerprint density at radius 1 is 1.05 bits per heavy atom. The predicted octanol–water partition coefficient (Wildman–Crippen LogP) is 3.96. The van der Waals surface area contributed by atoms with E-state index in [0.29, 0.717) is 10.8 Å². The van der Waals surface area contributed by atoms with E-state index in [4.69, 9.17) is 14.2 Å². The van der Waals surface area contributed by atoms with Crippen LogP contribution in [-0.2, 0) is 37.0 Å². The van der Waals surface area contributed by atoms with Gasteiger partial charge in [0.2, 0.25) is 0 Å². The number of amides is 1. The van der Waals surface area contributed by atoms with Gasteiger partial charge in [-0.15, -0.1) is 0 Å². The lowest BCUT2D eigenvalue weighted by molar-refractivity contribution is -0.645. The second-order valence-electron chi connectivity index (χ2n) is 9.71. The highest BCUT2D eigenvalue weighted by molar-refractivity contribution is 7.99. The zero-order valence-corrected chi connectivity index (χ0v) is 23.5. The topological polar surface area (TPSA) is 121 Å². The number of nitrogens with one attached hydrogen (secondary N) is 1. The molecule has 3 aromatic rings. The minimum Gasteiger partial charge on any atom is -0.618 e. The highest BCUT2D eigenvalue weighted by Crippen LogP contribution is 2.42. The molecule has 10 heteroatoms. The summed E-state index contributed by atoms with van der Waals surface area (Å²) in [6, 6.07) is 20.6. The Morgan fingerprint density at radius 3 is 2.38 bits per heavy atom. The van der Waals surface area contributed by atoms with Gasteiger partial charge in [0, 0.05) is 42.8 Å². The molecular formula is C30H34N2O7S. The van der Waals surface area contributed by atoms with Crippen LogP contribution in [0.1, 0.15) is 55.4 Å². The van der Waals surface area contributed by atoms with Gasteiger partial charge in [-0.05, 0) is 29.7 Å². The van der Waals surface area contributed by atoms with Crippen LogP contribution >= 0.6 is 11.8 Å². The van der Waals surface area contributed by atoms with Gasteiger partial charge >= 0.3 is 5.97 Å². The van der Waals surface area contributed by atoms with Crippen molar-refractivity contribution in [1.82, 2.24) is 5.32 Å². The third kappa shape index (κ3) is 7.60. The summed E-state index contributed by atoms with van der Waals surface area (Å²) in [5.74, 6) is -0.339. The zero-order valence-electron chi connectivity index (χ0n) is 22.7. The van der Waals surface area contributed by atoms with Gasteiger partial charge in [0.1, 0.15) is 0 Å². The number of hydrogen-bond acceptors (Lipinski definition) is 8. The minimum absolute atomic E-state index is 0.0127. The highest BCUT2D eigenvalue weighted by atomic mass is 32.2. The van der Waals surface area contributed by atoms with Gasteiger partial charge in [-0.1, -0.05) is 67.2 Å². The highest BCUT2D eigenvalue weighted by Gasteiger charge is 2.38. The normalized spacial score (nSPS) is 21.4. The second kappa shape index (κ2) is 13.8. The Labute approximate surface area is 238 Å². The van der Waals surface area contributed by atoms with Crippen molar-refractivity contribution in [3.8, 4) is 0 Å². The van der Waals surface area contributed by atoms with Gasteiger partial charge in [-0.2, -0.15) is 4.73 Å². The molecule has 0 aliphatic carbocycles. The number of pyridine rings is 1. The van der Waals surface area contributed by atoms with E-state index in [9.17, 15) is 19.9 Å². The molecule has 2 heterocycles. The fraction of sp³-hybridized carbons (Fsp3) is 0.367. The van der Waals surface area contributed by atoms with Gasteiger partial charge in [-0.25, -0.2) is 0 Å². The third-order valence-electron chi connectivity index (χ3n) is 6.74. The molecule has 40 heavy (non-hydrogen) atoms. The van der Waals surface area contributed by atoms with Crippen LogP contribution in [0.4, 0.5) is 0 Å². The average molecular weight is 567 g/mol. The molecule has 0 saturated carbocycles. The number of nitrogens with zero attached hydrogens (tertiary/aromatic N) is 1. The molecule has 1 aliphatic heterocycles. The standard InChI is InChI=1S/C30H34N2O7S/c1-19-26(18-40-27-6-4-5-15-32(27)36)38-30(39-28(19)24-11-9-23(17-33)10-12-24)25-13-7-22(8-14-25)16-31-29(35)20(2)37-21(3)34/h4-15,19-20,26,28,30,33H,16-18H2,1-3H3,(H,31,35)/t19-,20+,26+,28+,30+/m1/s1. The number of thioether (sulfide) groups is 1. The van der Waals surface area contributed by atoms with Crippen molar-refractivity contribution in [2.24, 2.45) is 5.92 Å². The number of aromatic nitrogens is 1. The third-order valence-corrected chi connectivity index (χ3v) is 7.85. The van der Waals surface area contributed by atoms with Crippen LogP contribution in [0.15, 0.2) is 78.0 Å². The fourth-order valence-electron chi connectivity index (χ4n) is 4.43. The lowest BCUT2D eigenvalue weighted by Crippen LogP contribution is -2.39. The number of benzene rings is 2. The Balaban J connectivity index is 1.48. The molecule has 4 rings (SSSR count). The summed E-state index contributed by atoms with van der Waals surface area (Å²) >= 11 is 1.44. The van der Waals surface area contributed by atoms with Gasteiger partial charge in [0.05, 0.1) is 18.8 Å². The molecule has 0 unspecified atom stereocenters. The van der Waals surface area contributed by atoms with E-state index >= 15 is 0 Å². The maximum absolute atomic E-state index is 12.2. The molecule has 1 amide bonds. The van der Waals surface area contributed by atoms with E-state index in [1.807, 2.05) is 54.6 Å². The number of ether oxygens (including phenoxy) is 3. The number of hydrogen-bond donors (Lipinski definition) is 2. The second-order valence-corrected chi connectivity index (χ2v) is 10.7. The number of aliphatic hydroxyl groups is 1. The molecule has 1 aliphatic rings. The number of carbonyl (C=O) groups is 2. The van der Waals surface area contributed by atoms with Crippen molar-refractivity contribution < 1.29 is 33.6 Å². The van der Waals surface area contributed by atoms with Crippen molar-refractivity contribution in [3.05, 3.63) is 100 Å². The summed E-state index contributed by atoms with van der Waals surface area (Å²) in [5, 5.41) is 25.0. The monoisotopic (exact) mass is 566 g/mol. The molecule has 212 valence electrons. The van der Waals surface area contributed by atoms with Crippen LogP contribution in [-0.4, -0.2) is 34.9 Å². The van der Waals surface area contributed by atoms with Crippen molar-refractivity contribution >= 4 is 23.6 Å². The number of aliphatic hydroxyl groups excluding tert-OH is 1. The van der Waals surface area contributed by atoms with Crippen LogP contribution < -0.4 is 10.0 Å². The predicted molar refractivity (Wildman–Crippen MR) is 149 cm³/mol. The van der Waals surface area contributed by atoms with Crippen molar-refractivity contribution in [3.63, 3.8) is 0 Å². The van der Waals surface area contributed by atoms with Crippen LogP contribution in [0.3, 0.4) is 0 Å². The molecule has 1 aromatic heterocycles. The van der Waals surface area contributed by atoms with Crippen molar-refractivity contribution in [1.29, 1.82) is 0 Å². The minimum atomic E-state index is -0.868. The van der Waals surface area contributed by atoms with Crippen LogP contribution in [0.2, 0.25) is 0 Å². The fourth-order valence-corrected chi connectivity index (χ4v) is 5.51. The molecule has 2 N–H and O–H groups in total. The van der Waals surface area contributed by atoms with E-state index in [2.05, 4.69) is 12.2 Å². The van der Waals surface area contributed by atoms with Crippen LogP contribution in [0, 0.1) is 11.1 Å². The summed E-state index contributed by atoms with van der Waals surface area (Å²) in [4.78, 5) is 23.2. The first-order valence-corrected chi connectivity index (χ1v) is 14.1. The first kappa shape index (κ1) is 29.5. The molecule has 9 nitrogen and oxygen atoms in total. The first-order chi connectivity index (χ1) is 19.2. The van der Waals surface area contributed by atoms with Gasteiger partial charge in [0.25, 0.3) is 10.9 Å². The quantitative estimate of drug-likeness (QED) is 0.164. The Bertz CT molecular complexity index is 1290. The Morgan fingerprint density at radius 2 is 1.73 bits per heavy atom. The van der Waals surface area contributed by atoms with Gasteiger partial charge in [0.15, 0.2) is 18.6 Å². The first-order valence-electron chi connectivity index (χ1n) is 13.1. The molecule has 0 bridgehead atoms. The van der Waals surface area contributed by atoms with E-state index in [1.165, 1.54) is 31.8 Å². The number of carbonyl (C=O) groups excluding carboxylic acids is 2. The summed E-state index contributed by atoms with van der Waals surface area (Å²) < 4.78 is 18.7. The summed E-state index contributed by atoms with van der Waals surface area (Å²) in [5.41, 5.74) is 3.48. The molecule has 0 spiro atoms. The summed E-state index contributed by atoms with van der Waals surface area (Å²) in [6.45, 7) is 5.10. The molecular weight excluding hydrogens is 532 g/mol. The summed E-state index contributed by atoms with van der Waals surface area (Å²) in [6.07, 6.45) is -0.520. The molecule has 1 fully saturated rings. The summed E-state index contributed by atoms with van der Waals surface area (Å²) in [7, 11) is 0. The Hall–Kier alpha value is -3.44. The molecule has 1 saturated heterocycles. The Kier molecular flexibility index (Phi) is 10.2. The lowest BCUT2D eigenvalue weighted by Gasteiger charge is -2.41. The molecule has 0 radical (unpaired) electrons. The smallest absolute Gasteiger partial charge is 0.303 e. The average Bonchev–Trinajstić information content (AvgIpc) is 2.96. The van der Waals surface area contributed by atoms with E-state index < -0.39 is 18.4 Å². The van der Waals surface area contributed by atoms with Gasteiger partial charge in [-0.3, -0.25) is 9.59 Å². The van der Waals surface area contributed by atoms with E-state index in [-0.39, 0.29) is 37.2 Å². The number of esters is 1. The lowest BCUT2D eigenvalue weighted by atomic mass is 9.91. The van der Waals surface area contributed by atoms with Crippen molar-refractivity contribution in [2.45, 2.75) is 63.6 Å². The van der Waals surface area contributed by atoms with E-state index in [1.54, 1.807) is 12.1 Å². The molecule has 2 aromatic carbocycles. The zero-order chi connectivity index (χ0) is 28.6. The SMILES string of the molecule is CC(=O)O[C@@H](C)C(=O)NCc1ccc([C@H]2O[C@@H](CSc3cccc[n+]3[O-])[C@@H](C)[C@@H](c3ccc(CO)cc3)O2)cc1. The maximum Gasteiger partial charge on any atom is 0.303 e. The van der Waals surface area contributed by atoms with Crippen molar-refractivity contribution in [2.75, 3.05) is 5.75 Å². The van der Waals surface area contributed by atoms with E-state index in [0.717, 1.165) is 27.0 Å². The number of rotatable bonds is 10. The van der Waals surface area contributed by atoms with Gasteiger partial charge < -0.3 is 29.8 Å². The maximum atomic E-state index is 12.2. The van der Waals surface area contributed by atoms with Crippen LogP contribution in [0.5, 0.6) is 0 Å². The van der Waals surface area contributed by atoms with Crippen LogP contribution in [0.25, 0.3) is 0 Å². The molecule has 5 atom stereocenters. The largest absolute Gasteiger partial charge is 0.618 e.